The molecular formula is C15H16BrNO3S2. The van der Waals surface area contributed by atoms with E-state index < -0.39 is 10.0 Å². The highest BCUT2D eigenvalue weighted by molar-refractivity contribution is 9.10. The summed E-state index contributed by atoms with van der Waals surface area (Å²) in [6, 6.07) is 14.2. The van der Waals surface area contributed by atoms with Gasteiger partial charge < -0.3 is 4.74 Å². The smallest absolute Gasteiger partial charge is 0.240 e. The molecule has 1 N–H and O–H groups in total. The molecule has 0 fully saturated rings. The van der Waals surface area contributed by atoms with E-state index >= 15 is 0 Å². The van der Waals surface area contributed by atoms with E-state index in [1.807, 2.05) is 24.3 Å². The third kappa shape index (κ3) is 5.01. The first-order valence-corrected chi connectivity index (χ1v) is 9.79. The fourth-order valence-electron chi connectivity index (χ4n) is 1.71. The number of hydrogen-bond acceptors (Lipinski definition) is 4. The van der Waals surface area contributed by atoms with Gasteiger partial charge >= 0.3 is 0 Å². The number of ether oxygens (including phenoxy) is 1. The van der Waals surface area contributed by atoms with Crippen molar-refractivity contribution in [2.45, 2.75) is 9.79 Å². The van der Waals surface area contributed by atoms with Crippen LogP contribution >= 0.6 is 27.7 Å². The summed E-state index contributed by atoms with van der Waals surface area (Å²) in [6.45, 7) is 0.370. The van der Waals surface area contributed by atoms with Crippen LogP contribution in [0.3, 0.4) is 0 Å². The lowest BCUT2D eigenvalue weighted by Crippen LogP contribution is -2.25. The molecule has 0 saturated carbocycles. The zero-order valence-corrected chi connectivity index (χ0v) is 15.2. The van der Waals surface area contributed by atoms with Crippen LogP contribution in [0.15, 0.2) is 62.8 Å². The number of methoxy groups -OCH3 is 1. The topological polar surface area (TPSA) is 55.4 Å². The van der Waals surface area contributed by atoms with Gasteiger partial charge in [-0.1, -0.05) is 15.9 Å². The van der Waals surface area contributed by atoms with Crippen molar-refractivity contribution < 1.29 is 13.2 Å². The van der Waals surface area contributed by atoms with Crippen molar-refractivity contribution >= 4 is 37.7 Å². The van der Waals surface area contributed by atoms with Gasteiger partial charge in [-0.05, 0) is 48.5 Å². The van der Waals surface area contributed by atoms with Gasteiger partial charge in [0.2, 0.25) is 10.0 Å². The molecule has 0 radical (unpaired) electrons. The predicted molar refractivity (Wildman–Crippen MR) is 93.0 cm³/mol. The number of hydrogen-bond donors (Lipinski definition) is 1. The summed E-state index contributed by atoms with van der Waals surface area (Å²) < 4.78 is 32.9. The highest BCUT2D eigenvalue weighted by Gasteiger charge is 2.13. The molecular weight excluding hydrogens is 386 g/mol. The lowest BCUT2D eigenvalue weighted by molar-refractivity contribution is 0.414. The molecule has 2 aromatic carbocycles. The lowest BCUT2D eigenvalue weighted by Gasteiger charge is -2.07. The standard InChI is InChI=1S/C15H16BrNO3S2/c1-20-13-4-8-15(9-5-13)22(18,19)17-10-11-21-14-6-2-12(16)3-7-14/h2-9,17H,10-11H2,1H3. The minimum atomic E-state index is -3.47. The molecule has 0 aliphatic rings. The van der Waals surface area contributed by atoms with Crippen molar-refractivity contribution in [3.8, 4) is 5.75 Å². The van der Waals surface area contributed by atoms with Gasteiger partial charge in [-0.25, -0.2) is 13.1 Å². The van der Waals surface area contributed by atoms with Crippen LogP contribution in [0.5, 0.6) is 5.75 Å². The van der Waals surface area contributed by atoms with E-state index in [1.165, 1.54) is 12.1 Å². The van der Waals surface area contributed by atoms with Gasteiger partial charge in [0.25, 0.3) is 0 Å². The second-order valence-electron chi connectivity index (χ2n) is 4.38. The molecule has 0 saturated heterocycles. The maximum atomic E-state index is 12.1. The Kier molecular flexibility index (Phi) is 6.31. The first-order valence-electron chi connectivity index (χ1n) is 6.53. The fraction of sp³-hybridized carbons (Fsp3) is 0.200. The number of rotatable bonds is 7. The van der Waals surface area contributed by atoms with Gasteiger partial charge in [0, 0.05) is 21.7 Å². The molecule has 4 nitrogen and oxygen atoms in total. The molecule has 0 spiro atoms. The molecule has 7 heteroatoms. The maximum Gasteiger partial charge on any atom is 0.240 e. The van der Waals surface area contributed by atoms with Crippen molar-refractivity contribution in [1.29, 1.82) is 0 Å². The van der Waals surface area contributed by atoms with Crippen LogP contribution in [-0.4, -0.2) is 27.8 Å². The third-order valence-corrected chi connectivity index (χ3v) is 5.87. The second kappa shape index (κ2) is 8.01. The van der Waals surface area contributed by atoms with Gasteiger partial charge in [-0.3, -0.25) is 0 Å². The van der Waals surface area contributed by atoms with Crippen LogP contribution in [-0.2, 0) is 10.0 Å². The highest BCUT2D eigenvalue weighted by atomic mass is 79.9. The van der Waals surface area contributed by atoms with Crippen LogP contribution < -0.4 is 9.46 Å². The summed E-state index contributed by atoms with van der Waals surface area (Å²) >= 11 is 4.98. The number of nitrogens with one attached hydrogen (secondary N) is 1. The average Bonchev–Trinajstić information content (AvgIpc) is 2.53. The van der Waals surface area contributed by atoms with E-state index in [1.54, 1.807) is 31.0 Å². The number of thioether (sulfide) groups is 1. The minimum absolute atomic E-state index is 0.238. The van der Waals surface area contributed by atoms with E-state index in [0.717, 1.165) is 9.37 Å². The van der Waals surface area contributed by atoms with E-state index in [2.05, 4.69) is 20.7 Å². The number of halogens is 1. The van der Waals surface area contributed by atoms with Gasteiger partial charge in [0.15, 0.2) is 0 Å². The molecule has 0 bridgehead atoms. The van der Waals surface area contributed by atoms with Crippen molar-refractivity contribution in [3.63, 3.8) is 0 Å². The minimum Gasteiger partial charge on any atom is -0.497 e. The second-order valence-corrected chi connectivity index (χ2v) is 8.23. The molecule has 0 amide bonds. The lowest BCUT2D eigenvalue weighted by atomic mass is 10.3. The number of sulfonamides is 1. The van der Waals surface area contributed by atoms with Crippen molar-refractivity contribution in [3.05, 3.63) is 53.0 Å². The first kappa shape index (κ1) is 17.3. The maximum absolute atomic E-state index is 12.1. The summed E-state index contributed by atoms with van der Waals surface area (Å²) in [5.41, 5.74) is 0. The van der Waals surface area contributed by atoms with Crippen LogP contribution in [0, 0.1) is 0 Å². The summed E-state index contributed by atoms with van der Waals surface area (Å²) in [5, 5.41) is 0. The van der Waals surface area contributed by atoms with E-state index in [-0.39, 0.29) is 4.90 Å². The largest absolute Gasteiger partial charge is 0.497 e. The quantitative estimate of drug-likeness (QED) is 0.569. The molecule has 0 aliphatic carbocycles. The van der Waals surface area contributed by atoms with Gasteiger partial charge in [-0.15, -0.1) is 11.8 Å². The Morgan fingerprint density at radius 3 is 2.32 bits per heavy atom. The average molecular weight is 402 g/mol. The van der Waals surface area contributed by atoms with Crippen LogP contribution in [0.1, 0.15) is 0 Å². The molecule has 2 aromatic rings. The molecule has 0 atom stereocenters. The Morgan fingerprint density at radius 1 is 1.09 bits per heavy atom. The van der Waals surface area contributed by atoms with Crippen LogP contribution in [0.2, 0.25) is 0 Å². The van der Waals surface area contributed by atoms with Crippen molar-refractivity contribution in [1.82, 2.24) is 4.72 Å². The van der Waals surface area contributed by atoms with Gasteiger partial charge in [-0.2, -0.15) is 0 Å². The zero-order valence-electron chi connectivity index (χ0n) is 12.0. The Labute approximate surface area is 143 Å². The summed E-state index contributed by atoms with van der Waals surface area (Å²) in [6.07, 6.45) is 0. The molecule has 0 heterocycles. The summed E-state index contributed by atoms with van der Waals surface area (Å²) in [7, 11) is -1.93. The van der Waals surface area contributed by atoms with Crippen molar-refractivity contribution in [2.24, 2.45) is 0 Å². The zero-order chi connectivity index (χ0) is 16.0. The molecule has 0 aliphatic heterocycles. The Hall–Kier alpha value is -1.02. The van der Waals surface area contributed by atoms with E-state index in [0.29, 0.717) is 18.0 Å². The fourth-order valence-corrected chi connectivity index (χ4v) is 3.91. The predicted octanol–water partition coefficient (Wildman–Crippen LogP) is 3.53. The monoisotopic (exact) mass is 401 g/mol. The molecule has 118 valence electrons. The molecule has 0 unspecified atom stereocenters. The molecule has 22 heavy (non-hydrogen) atoms. The van der Waals surface area contributed by atoms with E-state index in [9.17, 15) is 8.42 Å². The SMILES string of the molecule is COc1ccc(S(=O)(=O)NCCSc2ccc(Br)cc2)cc1. The normalized spacial score (nSPS) is 11.4. The van der Waals surface area contributed by atoms with Crippen molar-refractivity contribution in [2.75, 3.05) is 19.4 Å². The third-order valence-electron chi connectivity index (χ3n) is 2.85. The Balaban J connectivity index is 1.85. The summed E-state index contributed by atoms with van der Waals surface area (Å²) in [5.74, 6) is 1.29. The first-order chi connectivity index (χ1) is 10.5. The van der Waals surface area contributed by atoms with Crippen LogP contribution in [0.4, 0.5) is 0 Å². The summed E-state index contributed by atoms with van der Waals surface area (Å²) in [4.78, 5) is 1.34. The van der Waals surface area contributed by atoms with Crippen LogP contribution in [0.25, 0.3) is 0 Å². The van der Waals surface area contributed by atoms with E-state index in [4.69, 9.17) is 4.74 Å². The molecule has 0 aromatic heterocycles. The Bertz CT molecular complexity index is 701. The molecule has 2 rings (SSSR count). The highest BCUT2D eigenvalue weighted by Crippen LogP contribution is 2.20. The number of benzene rings is 2. The van der Waals surface area contributed by atoms with Gasteiger partial charge in [0.1, 0.15) is 5.75 Å². The van der Waals surface area contributed by atoms with Gasteiger partial charge in [0.05, 0.1) is 12.0 Å². The Morgan fingerprint density at radius 2 is 1.73 bits per heavy atom.